The summed E-state index contributed by atoms with van der Waals surface area (Å²) in [5.74, 6) is 5.49. The molecule has 0 saturated carbocycles. The van der Waals surface area contributed by atoms with E-state index in [1.54, 1.807) is 0 Å². The Morgan fingerprint density at radius 3 is 0.620 bits per heavy atom. The van der Waals surface area contributed by atoms with Gasteiger partial charge in [-0.25, -0.2) is 15.0 Å². The predicted octanol–water partition coefficient (Wildman–Crippen LogP) is 33.3. The third-order valence-corrected chi connectivity index (χ3v) is 29.3. The van der Waals surface area contributed by atoms with Gasteiger partial charge in [-0.1, -0.05) is 431 Å². The molecule has 22 aromatic carbocycles. The zero-order chi connectivity index (χ0) is 98.8. The molecule has 31 rings (SSSR count). The highest BCUT2D eigenvalue weighted by molar-refractivity contribution is 6.27. The second-order valence-electron chi connectivity index (χ2n) is 37.9. The van der Waals surface area contributed by atoms with E-state index in [9.17, 15) is 0 Å². The first kappa shape index (κ1) is 86.2. The minimum atomic E-state index is 0.574. The maximum Gasteiger partial charge on any atom is 0.238 e. The van der Waals surface area contributed by atoms with Gasteiger partial charge in [0.1, 0.15) is 0 Å². The van der Waals surface area contributed by atoms with E-state index in [1.807, 2.05) is 60.7 Å². The molecule has 15 nitrogen and oxygen atoms in total. The largest absolute Gasteiger partial charge is 0.307 e. The highest BCUT2D eigenvalue weighted by Crippen LogP contribution is 2.48. The Labute approximate surface area is 859 Å². The fourth-order valence-electron chi connectivity index (χ4n) is 22.4. The summed E-state index contributed by atoms with van der Waals surface area (Å²) in [7, 11) is 0. The second-order valence-corrected chi connectivity index (χ2v) is 37.9. The molecule has 0 amide bonds. The van der Waals surface area contributed by atoms with Gasteiger partial charge in [0.05, 0.1) is 66.2 Å². The van der Waals surface area contributed by atoms with Gasteiger partial charge in [0.15, 0.2) is 34.9 Å². The van der Waals surface area contributed by atoms with Crippen molar-refractivity contribution in [2.24, 2.45) is 0 Å². The normalized spacial score (nSPS) is 11.7. The number of benzene rings is 22. The van der Waals surface area contributed by atoms with Gasteiger partial charge < -0.3 is 13.7 Å². The topological polar surface area (TPSA) is 146 Å². The molecule has 0 aliphatic carbocycles. The van der Waals surface area contributed by atoms with Crippen LogP contribution >= 0.6 is 0 Å². The van der Waals surface area contributed by atoms with Crippen molar-refractivity contribution in [1.29, 1.82) is 0 Å². The molecule has 0 radical (unpaired) electrons. The van der Waals surface area contributed by atoms with E-state index in [4.69, 9.17) is 44.9 Å². The molecular weight excluding hydrogens is 1830 g/mol. The van der Waals surface area contributed by atoms with Crippen LogP contribution in [0.15, 0.2) is 516 Å². The third-order valence-electron chi connectivity index (χ3n) is 29.3. The molecule has 0 aliphatic rings. The fraction of sp³-hybridized carbons (Fsp3) is 0. The van der Waals surface area contributed by atoms with E-state index < -0.39 is 0 Å². The van der Waals surface area contributed by atoms with Crippen LogP contribution < -0.4 is 0 Å². The second kappa shape index (κ2) is 35.8. The first-order chi connectivity index (χ1) is 74.4. The van der Waals surface area contributed by atoms with Gasteiger partial charge >= 0.3 is 0 Å². The van der Waals surface area contributed by atoms with Crippen LogP contribution in [0, 0.1) is 0 Å². The van der Waals surface area contributed by atoms with Crippen molar-refractivity contribution in [3.05, 3.63) is 516 Å². The summed E-state index contributed by atoms with van der Waals surface area (Å²) in [4.78, 5) is 46.8. The summed E-state index contributed by atoms with van der Waals surface area (Å²) in [6.07, 6.45) is 0. The van der Waals surface area contributed by atoms with Crippen molar-refractivity contribution in [2.45, 2.75) is 0 Å². The Hall–Kier alpha value is -20.6. The molecule has 0 atom stereocenters. The molecule has 15 heteroatoms. The zero-order valence-electron chi connectivity index (χ0n) is 80.8. The van der Waals surface area contributed by atoms with Gasteiger partial charge in [0, 0.05) is 115 Å². The van der Waals surface area contributed by atoms with Gasteiger partial charge in [0.25, 0.3) is 0 Å². The smallest absolute Gasteiger partial charge is 0.238 e. The molecule has 150 heavy (non-hydrogen) atoms. The Kier molecular flexibility index (Phi) is 20.6. The lowest BCUT2D eigenvalue weighted by atomic mass is 10.0. The van der Waals surface area contributed by atoms with E-state index in [-0.39, 0.29) is 0 Å². The zero-order valence-corrected chi connectivity index (χ0v) is 80.8. The molecule has 0 N–H and O–H groups in total. The van der Waals surface area contributed by atoms with Crippen molar-refractivity contribution in [3.63, 3.8) is 0 Å². The number of rotatable bonds is 13. The molecule has 0 fully saturated rings. The summed E-state index contributed by atoms with van der Waals surface area (Å²) in [6, 6.07) is 181. The van der Waals surface area contributed by atoms with Crippen LogP contribution in [0.5, 0.6) is 0 Å². The molecule has 700 valence electrons. The van der Waals surface area contributed by atoms with Crippen LogP contribution in [0.1, 0.15) is 0 Å². The van der Waals surface area contributed by atoms with Crippen molar-refractivity contribution in [2.75, 3.05) is 0 Å². The lowest BCUT2D eigenvalue weighted by Crippen LogP contribution is -2.07. The van der Waals surface area contributed by atoms with E-state index >= 15 is 0 Å². The minimum Gasteiger partial charge on any atom is -0.307 e. The molecule has 0 aliphatic heterocycles. The van der Waals surface area contributed by atoms with Crippen molar-refractivity contribution in [3.8, 4) is 114 Å². The number of hydrogen-bond acceptors (Lipinski definition) is 9. The van der Waals surface area contributed by atoms with Crippen LogP contribution in [-0.4, -0.2) is 72.3 Å². The summed E-state index contributed by atoms with van der Waals surface area (Å²) >= 11 is 0. The number of nitrogens with zero attached hydrogens (tertiary/aromatic N) is 15. The number of hydrogen-bond donors (Lipinski definition) is 0. The Bertz CT molecular complexity index is 10600. The van der Waals surface area contributed by atoms with Crippen LogP contribution in [0.25, 0.3) is 278 Å². The van der Waals surface area contributed by atoms with Crippen LogP contribution in [0.4, 0.5) is 0 Å². The average molecular weight is 1920 g/mol. The number of para-hydroxylation sites is 8. The molecule has 0 saturated heterocycles. The lowest BCUT2D eigenvalue weighted by molar-refractivity contribution is 0.953. The van der Waals surface area contributed by atoms with Crippen molar-refractivity contribution < 1.29 is 0 Å². The van der Waals surface area contributed by atoms with Crippen molar-refractivity contribution in [1.82, 2.24) is 72.3 Å². The van der Waals surface area contributed by atoms with Gasteiger partial charge in [-0.15, -0.1) is 0 Å². The third kappa shape index (κ3) is 14.5. The SMILES string of the molecule is c1ccc(-c2ccc(-c3nc(-c4ccccc4)nc(-n4c5ccccc5c5ccc6c7ccccc7n(-c7ccccc7)c6c54)n3)cc2)cc1.c1ccc(-c2nc(-c3ccccc3)nc(-n3c4ccccc4c4ccc5c6ccccc6n(-c6ccc7ccccc7c6)c5c43)n2)cc1.c1ccc(-n2c3ccccc3c3ccc4c5ccccc5n(-c5nc(-c6ccc7ccccc7c6)nc(-c6ccc7ccccc7c6)n5)c4c32)cc1. The number of fused-ring (bicyclic) bond motifs is 24. The molecule has 9 heterocycles. The standard InChI is InChI=1S/C47H29N5.C45H29N5.C43H27N5/c1-2-16-36(17-3-1)51-41-20-10-8-18-37(41)39-26-27-40-38-19-9-11-21-42(38)52(44(40)43(39)51)47-49-45(34-24-22-30-12-4-6-14-32(30)28-34)48-46(50-47)35-25-23-31-13-5-7-15-33(31)29-35;1-4-14-30(15-5-1)31-24-26-33(27-25-31)44-46-43(32-16-6-2-7-17-32)47-45(48-44)50-40-23-13-11-21-36(40)38-29-28-37-35-20-10-12-22-39(35)49(41(37)42(38)50)34-18-8-3-9-19-34;1-3-14-29(15-4-1)41-44-42(30-16-5-2-6-17-30)46-43(45-41)48-38-22-12-10-20-34(38)36-26-25-35-33-19-9-11-21-37(33)47(39(35)40(36)48)32-24-23-28-13-7-8-18-31(28)27-32/h1-29H;1-29H;1-27H. The van der Waals surface area contributed by atoms with Gasteiger partial charge in [0.2, 0.25) is 17.8 Å². The predicted molar refractivity (Wildman–Crippen MR) is 616 cm³/mol. The lowest BCUT2D eigenvalue weighted by Gasteiger charge is -2.13. The molecule has 9 aromatic heterocycles. The maximum atomic E-state index is 5.34. The molecule has 31 aromatic rings. The highest BCUT2D eigenvalue weighted by atomic mass is 15.2. The first-order valence-corrected chi connectivity index (χ1v) is 50.5. The van der Waals surface area contributed by atoms with E-state index in [0.717, 1.165) is 165 Å². The van der Waals surface area contributed by atoms with Gasteiger partial charge in [-0.3, -0.25) is 13.7 Å². The Morgan fingerprint density at radius 1 is 0.113 bits per heavy atom. The van der Waals surface area contributed by atoms with Crippen LogP contribution in [0.3, 0.4) is 0 Å². The van der Waals surface area contributed by atoms with E-state index in [2.05, 4.69) is 482 Å². The molecule has 0 spiro atoms. The average Bonchev–Trinajstić information content (AvgIpc) is 1.54. The monoisotopic (exact) mass is 1920 g/mol. The summed E-state index contributed by atoms with van der Waals surface area (Å²) in [5.41, 5.74) is 24.3. The first-order valence-electron chi connectivity index (χ1n) is 50.5. The van der Waals surface area contributed by atoms with Gasteiger partial charge in [-0.05, 0) is 128 Å². The van der Waals surface area contributed by atoms with Gasteiger partial charge in [-0.2, -0.15) is 29.9 Å². The van der Waals surface area contributed by atoms with Crippen LogP contribution in [-0.2, 0) is 0 Å². The molecule has 0 bridgehead atoms. The summed E-state index contributed by atoms with van der Waals surface area (Å²) in [6.45, 7) is 0. The maximum absolute atomic E-state index is 5.34. The van der Waals surface area contributed by atoms with Crippen molar-refractivity contribution >= 4 is 163 Å². The molecular formula is C135H85N15. The van der Waals surface area contributed by atoms with E-state index in [1.165, 1.54) is 59.4 Å². The fourth-order valence-corrected chi connectivity index (χ4v) is 22.4. The summed E-state index contributed by atoms with van der Waals surface area (Å²) < 4.78 is 13.9. The Balaban J connectivity index is 0.000000106. The quantitative estimate of drug-likeness (QED) is 0.110. The molecule has 0 unspecified atom stereocenters. The number of aromatic nitrogens is 15. The van der Waals surface area contributed by atoms with Crippen LogP contribution in [0.2, 0.25) is 0 Å². The van der Waals surface area contributed by atoms with E-state index in [0.29, 0.717) is 52.8 Å². The summed E-state index contributed by atoms with van der Waals surface area (Å²) in [5, 5.41) is 21.0. The Morgan fingerprint density at radius 2 is 0.313 bits per heavy atom. The highest BCUT2D eigenvalue weighted by Gasteiger charge is 2.30. The minimum absolute atomic E-state index is 0.574.